The summed E-state index contributed by atoms with van der Waals surface area (Å²) in [5.74, 6) is -1.45. The first-order chi connectivity index (χ1) is 17.9. The van der Waals surface area contributed by atoms with Crippen molar-refractivity contribution in [3.05, 3.63) is 112 Å². The molecule has 0 unspecified atom stereocenters. The highest BCUT2D eigenvalue weighted by Gasteiger charge is 2.30. The number of methoxy groups -OCH3 is 1. The molecule has 3 aromatic rings. The molecule has 0 aliphatic heterocycles. The smallest absolute Gasteiger partial charge is 0.408 e. The molecule has 0 aromatic heterocycles. The molecule has 0 aliphatic carbocycles. The lowest BCUT2D eigenvalue weighted by Gasteiger charge is -2.22. The van der Waals surface area contributed by atoms with Gasteiger partial charge in [-0.25, -0.2) is 9.59 Å². The van der Waals surface area contributed by atoms with Crippen LogP contribution >= 0.6 is 0 Å². The summed E-state index contributed by atoms with van der Waals surface area (Å²) in [5.41, 5.74) is 1.60. The molecule has 2 amide bonds. The van der Waals surface area contributed by atoms with E-state index in [4.69, 9.17) is 9.47 Å². The summed E-state index contributed by atoms with van der Waals surface area (Å²) in [6.45, 7) is 0.00874. The van der Waals surface area contributed by atoms with Crippen LogP contribution in [0.1, 0.15) is 16.7 Å². The quantitative estimate of drug-likeness (QED) is 0.232. The number of amides is 2. The van der Waals surface area contributed by atoms with Crippen molar-refractivity contribution in [1.82, 2.24) is 10.6 Å². The normalized spacial score (nSPS) is 12.0. The molecule has 0 spiro atoms. The Hall–Kier alpha value is -4.73. The van der Waals surface area contributed by atoms with Crippen molar-refractivity contribution in [2.75, 3.05) is 7.11 Å². The van der Waals surface area contributed by atoms with Crippen molar-refractivity contribution < 1.29 is 28.8 Å². The number of alkyl carbamates (subject to hydrolysis) is 1. The summed E-state index contributed by atoms with van der Waals surface area (Å²) in [6.07, 6.45) is -0.869. The summed E-state index contributed by atoms with van der Waals surface area (Å²) in [6, 6.07) is 21.7. The van der Waals surface area contributed by atoms with E-state index in [1.807, 2.05) is 24.3 Å². The molecule has 10 heteroatoms. The summed E-state index contributed by atoms with van der Waals surface area (Å²) in [5, 5.41) is 16.5. The topological polar surface area (TPSA) is 137 Å². The van der Waals surface area contributed by atoms with Crippen LogP contribution in [-0.4, -0.2) is 42.1 Å². The Morgan fingerprint density at radius 1 is 0.811 bits per heavy atom. The van der Waals surface area contributed by atoms with Crippen LogP contribution in [0.2, 0.25) is 0 Å². The Morgan fingerprint density at radius 3 is 2.03 bits per heavy atom. The molecule has 0 saturated carbocycles. The highest BCUT2D eigenvalue weighted by atomic mass is 16.6. The summed E-state index contributed by atoms with van der Waals surface area (Å²) < 4.78 is 10.1. The fourth-order valence-corrected chi connectivity index (χ4v) is 3.66. The summed E-state index contributed by atoms with van der Waals surface area (Å²) >= 11 is 0. The number of ether oxygens (including phenoxy) is 2. The Labute approximate surface area is 213 Å². The number of nitrogens with zero attached hydrogens (tertiary/aromatic N) is 1. The Morgan fingerprint density at radius 2 is 1.41 bits per heavy atom. The number of nitrogens with one attached hydrogen (secondary N) is 2. The second-order valence-corrected chi connectivity index (χ2v) is 8.12. The second kappa shape index (κ2) is 13.4. The average Bonchev–Trinajstić information content (AvgIpc) is 2.92. The monoisotopic (exact) mass is 505 g/mol. The van der Waals surface area contributed by atoms with Crippen LogP contribution in [-0.2, 0) is 38.5 Å². The number of nitro benzene ring substituents is 1. The molecule has 192 valence electrons. The zero-order chi connectivity index (χ0) is 26.6. The van der Waals surface area contributed by atoms with Gasteiger partial charge in [0.1, 0.15) is 18.7 Å². The first kappa shape index (κ1) is 26.9. The van der Waals surface area contributed by atoms with E-state index in [1.165, 1.54) is 18.2 Å². The van der Waals surface area contributed by atoms with Crippen molar-refractivity contribution in [1.29, 1.82) is 0 Å². The van der Waals surface area contributed by atoms with Gasteiger partial charge in [-0.2, -0.15) is 0 Å². The minimum absolute atomic E-state index is 0.00874. The second-order valence-electron chi connectivity index (χ2n) is 8.12. The first-order valence-corrected chi connectivity index (χ1v) is 11.5. The third-order valence-corrected chi connectivity index (χ3v) is 5.52. The Bertz CT molecular complexity index is 1220. The van der Waals surface area contributed by atoms with E-state index in [0.717, 1.165) is 18.2 Å². The zero-order valence-corrected chi connectivity index (χ0v) is 20.2. The number of hydrogen-bond acceptors (Lipinski definition) is 7. The molecule has 10 nitrogen and oxygen atoms in total. The van der Waals surface area contributed by atoms with Gasteiger partial charge < -0.3 is 20.1 Å². The fraction of sp³-hybridized carbons (Fsp3) is 0.222. The number of carbonyl (C=O) groups excluding carboxylic acids is 3. The Kier molecular flexibility index (Phi) is 9.72. The molecule has 0 heterocycles. The lowest BCUT2D eigenvalue weighted by atomic mass is 10.0. The van der Waals surface area contributed by atoms with Gasteiger partial charge in [-0.1, -0.05) is 78.9 Å². The van der Waals surface area contributed by atoms with Gasteiger partial charge in [0, 0.05) is 24.5 Å². The summed E-state index contributed by atoms with van der Waals surface area (Å²) in [4.78, 5) is 49.1. The van der Waals surface area contributed by atoms with E-state index in [0.29, 0.717) is 0 Å². The lowest BCUT2D eigenvalue weighted by Crippen LogP contribution is -2.53. The number of carbonyl (C=O) groups is 3. The van der Waals surface area contributed by atoms with E-state index in [2.05, 4.69) is 10.6 Å². The Balaban J connectivity index is 1.76. The van der Waals surface area contributed by atoms with Gasteiger partial charge in [0.15, 0.2) is 0 Å². The number of rotatable bonds is 11. The molecule has 37 heavy (non-hydrogen) atoms. The molecular formula is C27H27N3O7. The van der Waals surface area contributed by atoms with Gasteiger partial charge in [-0.15, -0.1) is 0 Å². The van der Waals surface area contributed by atoms with Crippen LogP contribution in [0.15, 0.2) is 84.9 Å². The SMILES string of the molecule is COC(=O)[C@@H](Cc1ccccc1[N+](=O)[O-])NC(=O)[C@H](Cc1ccccc1)NC(=O)OCc1ccccc1. The van der Waals surface area contributed by atoms with Crippen LogP contribution in [0.4, 0.5) is 10.5 Å². The van der Waals surface area contributed by atoms with Crippen molar-refractivity contribution in [2.45, 2.75) is 31.5 Å². The number of para-hydroxylation sites is 1. The van der Waals surface area contributed by atoms with Crippen LogP contribution in [0.3, 0.4) is 0 Å². The van der Waals surface area contributed by atoms with Crippen molar-refractivity contribution >= 4 is 23.7 Å². The summed E-state index contributed by atoms with van der Waals surface area (Å²) in [7, 11) is 1.15. The molecule has 3 rings (SSSR count). The van der Waals surface area contributed by atoms with Crippen LogP contribution in [0.25, 0.3) is 0 Å². The van der Waals surface area contributed by atoms with E-state index in [9.17, 15) is 24.5 Å². The van der Waals surface area contributed by atoms with Gasteiger partial charge in [-0.05, 0) is 11.1 Å². The van der Waals surface area contributed by atoms with E-state index >= 15 is 0 Å². The third-order valence-electron chi connectivity index (χ3n) is 5.52. The molecule has 0 radical (unpaired) electrons. The lowest BCUT2D eigenvalue weighted by molar-refractivity contribution is -0.385. The molecule has 0 saturated heterocycles. The fourth-order valence-electron chi connectivity index (χ4n) is 3.66. The molecule has 0 aliphatic rings. The standard InChI is InChI=1S/C27H27N3O7/c1-36-26(32)23(17-21-14-8-9-15-24(21)30(34)35)28-25(31)22(16-19-10-4-2-5-11-19)29-27(33)37-18-20-12-6-3-7-13-20/h2-15,22-23H,16-18H2,1H3,(H,28,31)(H,29,33)/t22-,23+/m0/s1. The van der Waals surface area contributed by atoms with Gasteiger partial charge in [0.25, 0.3) is 5.69 Å². The molecule has 2 atom stereocenters. The molecule has 0 fully saturated rings. The number of benzene rings is 3. The van der Waals surface area contributed by atoms with Gasteiger partial charge in [0.2, 0.25) is 5.91 Å². The number of nitro groups is 1. The highest BCUT2D eigenvalue weighted by molar-refractivity contribution is 5.90. The minimum Gasteiger partial charge on any atom is -0.467 e. The molecule has 0 bridgehead atoms. The van der Waals surface area contributed by atoms with E-state index in [-0.39, 0.29) is 30.7 Å². The maximum absolute atomic E-state index is 13.3. The number of esters is 1. The largest absolute Gasteiger partial charge is 0.467 e. The van der Waals surface area contributed by atoms with Gasteiger partial charge >= 0.3 is 12.1 Å². The third kappa shape index (κ3) is 8.17. The van der Waals surface area contributed by atoms with E-state index in [1.54, 1.807) is 42.5 Å². The number of hydrogen-bond donors (Lipinski definition) is 2. The van der Waals surface area contributed by atoms with Crippen LogP contribution in [0, 0.1) is 10.1 Å². The molecular weight excluding hydrogens is 478 g/mol. The molecule has 3 aromatic carbocycles. The maximum Gasteiger partial charge on any atom is 0.408 e. The van der Waals surface area contributed by atoms with E-state index < -0.39 is 35.0 Å². The minimum atomic E-state index is -1.22. The van der Waals surface area contributed by atoms with Crippen molar-refractivity contribution in [3.8, 4) is 0 Å². The zero-order valence-electron chi connectivity index (χ0n) is 20.2. The van der Waals surface area contributed by atoms with Crippen molar-refractivity contribution in [2.24, 2.45) is 0 Å². The van der Waals surface area contributed by atoms with Crippen molar-refractivity contribution in [3.63, 3.8) is 0 Å². The maximum atomic E-state index is 13.3. The van der Waals surface area contributed by atoms with Crippen LogP contribution < -0.4 is 10.6 Å². The van der Waals surface area contributed by atoms with Gasteiger partial charge in [0.05, 0.1) is 12.0 Å². The first-order valence-electron chi connectivity index (χ1n) is 11.5. The predicted octanol–water partition coefficient (Wildman–Crippen LogP) is 3.33. The average molecular weight is 506 g/mol. The highest BCUT2D eigenvalue weighted by Crippen LogP contribution is 2.20. The predicted molar refractivity (Wildman–Crippen MR) is 134 cm³/mol. The van der Waals surface area contributed by atoms with Crippen LogP contribution in [0.5, 0.6) is 0 Å². The van der Waals surface area contributed by atoms with Gasteiger partial charge in [-0.3, -0.25) is 14.9 Å². The molecule has 2 N–H and O–H groups in total.